The van der Waals surface area contributed by atoms with Crippen LogP contribution in [0.4, 0.5) is 15.8 Å². The molecule has 0 radical (unpaired) electrons. The highest BCUT2D eigenvalue weighted by molar-refractivity contribution is 7.93. The number of nitrogens with zero attached hydrogens (tertiary/aromatic N) is 3. The van der Waals surface area contributed by atoms with Gasteiger partial charge in [0.05, 0.1) is 46.5 Å². The predicted molar refractivity (Wildman–Crippen MR) is 226 cm³/mol. The number of benzene rings is 2. The summed E-state index contributed by atoms with van der Waals surface area (Å²) >= 11 is 13.1. The number of amides is 2. The third-order valence-corrected chi connectivity index (χ3v) is 14.3. The van der Waals surface area contributed by atoms with Crippen molar-refractivity contribution >= 4 is 56.9 Å². The highest BCUT2D eigenvalue weighted by Crippen LogP contribution is 2.48. The number of ether oxygens (including phenoxy) is 1. The second-order valence-electron chi connectivity index (χ2n) is 16.3. The fourth-order valence-electron chi connectivity index (χ4n) is 8.36. The summed E-state index contributed by atoms with van der Waals surface area (Å²) in [5.41, 5.74) is 2.33. The summed E-state index contributed by atoms with van der Waals surface area (Å²) in [7, 11) is -4.04. The molecule has 6 N–H and O–H groups in total. The number of piperidine rings is 1. The van der Waals surface area contributed by atoms with E-state index in [1.165, 1.54) is 12.1 Å². The molecule has 2 saturated carbocycles. The molecule has 336 valence electrons. The first-order valence-corrected chi connectivity index (χ1v) is 23.3. The molecule has 1 aliphatic heterocycles. The molecular formula is C42H55Cl2FN4O11S. The average molecular weight is 914 g/mol. The van der Waals surface area contributed by atoms with Crippen LogP contribution in [0.2, 0.25) is 10.0 Å². The number of aliphatic hydroxyl groups excluding tert-OH is 5. The van der Waals surface area contributed by atoms with Crippen LogP contribution in [-0.4, -0.2) is 113 Å². The Morgan fingerprint density at radius 2 is 1.67 bits per heavy atom. The SMILES string of the molecule is O=CN(c1ccc(N2C[C@@H]3C[C@H]2C[C@H]3OCc2c(-c3c(Cl)cccc3Cl)noc2C2CC2)c(F)c1)S(=O)(=O)CCCCCCCCCCNC(=O)[C@H](O)[C@@H](O)[C@H](O)[C@H](O)CO. The fourth-order valence-corrected chi connectivity index (χ4v) is 10.3. The third kappa shape index (κ3) is 11.4. The minimum Gasteiger partial charge on any atom is -0.394 e. The molecular weight excluding hydrogens is 858 g/mol. The Morgan fingerprint density at radius 1 is 1.00 bits per heavy atom. The predicted octanol–water partition coefficient (Wildman–Crippen LogP) is 4.81. The minimum absolute atomic E-state index is 0.0231. The van der Waals surface area contributed by atoms with E-state index in [0.29, 0.717) is 63.5 Å². The standard InChI is InChI=1S/C42H55Cl2FN4O11S/c43-30-10-9-11-31(44)36(30)37-29(41(60-47-37)25-12-13-25)23-59-35-20-28-18-26(35)21-48(28)33-15-14-27(19-32(33)45)49(24-51)61(57,58)17-8-6-4-2-1-3-5-7-16-46-42(56)40(55)39(54)38(53)34(52)22-50/h9-11,14-15,19,24-26,28,34-35,38-40,50,52-55H,1-8,12-13,16-18,20-23H2,(H,46,56)/t26-,28-,34+,35+,38+,39-,40+/m0/s1. The summed E-state index contributed by atoms with van der Waals surface area (Å²) in [4.78, 5) is 26.0. The van der Waals surface area contributed by atoms with Crippen LogP contribution in [0, 0.1) is 11.7 Å². The lowest BCUT2D eigenvalue weighted by Gasteiger charge is -2.33. The van der Waals surface area contributed by atoms with Crippen LogP contribution in [-0.2, 0) is 31.0 Å². The molecule has 0 spiro atoms. The largest absolute Gasteiger partial charge is 0.394 e. The molecule has 3 aliphatic rings. The van der Waals surface area contributed by atoms with E-state index in [9.17, 15) is 38.4 Å². The van der Waals surface area contributed by atoms with Crippen LogP contribution in [0.15, 0.2) is 40.9 Å². The number of hydrogen-bond acceptors (Lipinski definition) is 13. The van der Waals surface area contributed by atoms with E-state index in [1.54, 1.807) is 18.2 Å². The molecule has 2 aliphatic carbocycles. The fraction of sp³-hybridized carbons (Fsp3) is 0.595. The number of fused-ring (bicyclic) bond motifs is 2. The van der Waals surface area contributed by atoms with Crippen molar-refractivity contribution in [2.75, 3.05) is 34.7 Å². The number of sulfonamides is 1. The van der Waals surface area contributed by atoms with Gasteiger partial charge >= 0.3 is 0 Å². The van der Waals surface area contributed by atoms with Gasteiger partial charge < -0.3 is 45.0 Å². The van der Waals surface area contributed by atoms with Gasteiger partial charge in [0, 0.05) is 48.2 Å². The van der Waals surface area contributed by atoms with Crippen molar-refractivity contribution < 1.29 is 57.2 Å². The van der Waals surface area contributed by atoms with E-state index in [1.807, 2.05) is 4.90 Å². The number of hydrogen-bond donors (Lipinski definition) is 6. The van der Waals surface area contributed by atoms with E-state index >= 15 is 4.39 Å². The van der Waals surface area contributed by atoms with Crippen LogP contribution in [0.5, 0.6) is 0 Å². The van der Waals surface area contributed by atoms with Crippen LogP contribution in [0.25, 0.3) is 11.3 Å². The van der Waals surface area contributed by atoms with Crippen LogP contribution in [0.3, 0.4) is 0 Å². The molecule has 7 atom stereocenters. The molecule has 6 rings (SSSR count). The summed E-state index contributed by atoms with van der Waals surface area (Å²) in [5.74, 6) is -0.555. The lowest BCUT2D eigenvalue weighted by atomic mass is 10.0. The van der Waals surface area contributed by atoms with E-state index in [-0.39, 0.29) is 55.0 Å². The third-order valence-electron chi connectivity index (χ3n) is 11.9. The van der Waals surface area contributed by atoms with Gasteiger partial charge in [-0.05, 0) is 62.8 Å². The number of rotatable bonds is 25. The van der Waals surface area contributed by atoms with Gasteiger partial charge in [0.15, 0.2) is 6.10 Å². The zero-order valence-corrected chi connectivity index (χ0v) is 36.1. The van der Waals surface area contributed by atoms with E-state index in [2.05, 4.69) is 10.5 Å². The highest BCUT2D eigenvalue weighted by atomic mass is 35.5. The van der Waals surface area contributed by atoms with Crippen LogP contribution in [0.1, 0.15) is 94.3 Å². The maximum absolute atomic E-state index is 15.7. The number of anilines is 2. The van der Waals surface area contributed by atoms with Gasteiger partial charge in [-0.3, -0.25) is 9.59 Å². The van der Waals surface area contributed by atoms with E-state index in [4.69, 9.17) is 37.6 Å². The van der Waals surface area contributed by atoms with Crippen molar-refractivity contribution in [2.24, 2.45) is 5.92 Å². The summed E-state index contributed by atoms with van der Waals surface area (Å²) in [5, 5.41) is 55.3. The number of aromatic nitrogens is 1. The number of aliphatic hydroxyl groups is 5. The Labute approximate surface area is 364 Å². The quantitative estimate of drug-likeness (QED) is 0.0497. The van der Waals surface area contributed by atoms with Gasteiger partial charge in [0.1, 0.15) is 35.6 Å². The van der Waals surface area contributed by atoms with Gasteiger partial charge in [-0.25, -0.2) is 17.1 Å². The first kappa shape index (κ1) is 47.1. The first-order chi connectivity index (χ1) is 29.2. The molecule has 61 heavy (non-hydrogen) atoms. The molecule has 2 bridgehead atoms. The van der Waals surface area contributed by atoms with Crippen molar-refractivity contribution in [3.63, 3.8) is 0 Å². The molecule has 3 fully saturated rings. The molecule has 2 heterocycles. The van der Waals surface area contributed by atoms with E-state index < -0.39 is 52.8 Å². The Kier molecular flexibility index (Phi) is 16.5. The zero-order valence-electron chi connectivity index (χ0n) is 33.8. The Bertz CT molecular complexity index is 2060. The summed E-state index contributed by atoms with van der Waals surface area (Å²) in [6.45, 7) is 0.224. The Balaban J connectivity index is 0.903. The van der Waals surface area contributed by atoms with Crippen LogP contribution >= 0.6 is 23.2 Å². The molecule has 3 aromatic rings. The van der Waals surface area contributed by atoms with Gasteiger partial charge in [-0.15, -0.1) is 0 Å². The van der Waals surface area contributed by atoms with Gasteiger partial charge in [0.2, 0.25) is 16.4 Å². The maximum Gasteiger partial charge on any atom is 0.251 e. The lowest BCUT2D eigenvalue weighted by molar-refractivity contribution is -0.148. The van der Waals surface area contributed by atoms with Gasteiger partial charge in [-0.2, -0.15) is 0 Å². The number of carbonyl (C=O) groups excluding carboxylic acids is 2. The molecule has 2 aromatic carbocycles. The second kappa shape index (κ2) is 21.3. The smallest absolute Gasteiger partial charge is 0.251 e. The molecule has 15 nitrogen and oxygen atoms in total. The normalized spacial score (nSPS) is 20.7. The number of unbranched alkanes of at least 4 members (excludes halogenated alkanes) is 7. The second-order valence-corrected chi connectivity index (χ2v) is 19.1. The number of halogens is 3. The molecule has 0 unspecified atom stereocenters. The van der Waals surface area contributed by atoms with Crippen LogP contribution < -0.4 is 14.5 Å². The van der Waals surface area contributed by atoms with Crippen molar-refractivity contribution in [1.82, 2.24) is 10.5 Å². The molecule has 1 aromatic heterocycles. The van der Waals surface area contributed by atoms with Crippen molar-refractivity contribution in [1.29, 1.82) is 0 Å². The summed E-state index contributed by atoms with van der Waals surface area (Å²) in [6, 6.07) is 9.41. The van der Waals surface area contributed by atoms with Crippen molar-refractivity contribution in [3.05, 3.63) is 63.6 Å². The van der Waals surface area contributed by atoms with Gasteiger partial charge in [-0.1, -0.05) is 72.9 Å². The molecule has 19 heteroatoms. The van der Waals surface area contributed by atoms with Crippen molar-refractivity contribution in [2.45, 2.75) is 126 Å². The highest BCUT2D eigenvalue weighted by Gasteiger charge is 2.46. The monoisotopic (exact) mass is 912 g/mol. The number of carbonyl (C=O) groups is 2. The molecule has 1 saturated heterocycles. The first-order valence-electron chi connectivity index (χ1n) is 20.9. The Hall–Kier alpha value is -3.39. The minimum atomic E-state index is -4.04. The summed E-state index contributed by atoms with van der Waals surface area (Å²) < 4.78 is 54.9. The zero-order chi connectivity index (χ0) is 43.8. The summed E-state index contributed by atoms with van der Waals surface area (Å²) in [6.07, 6.45) is 1.80. The van der Waals surface area contributed by atoms with Gasteiger partial charge in [0.25, 0.3) is 5.91 Å². The lowest BCUT2D eigenvalue weighted by Crippen LogP contribution is -2.51. The van der Waals surface area contributed by atoms with E-state index in [0.717, 1.165) is 68.8 Å². The van der Waals surface area contributed by atoms with Crippen molar-refractivity contribution in [3.8, 4) is 11.3 Å². The Morgan fingerprint density at radius 3 is 2.28 bits per heavy atom. The molecule has 2 amide bonds. The maximum atomic E-state index is 15.7. The number of nitrogens with one attached hydrogen (secondary N) is 1. The average Bonchev–Trinajstić information content (AvgIpc) is 3.69. The topological polar surface area (TPSA) is 223 Å².